The third kappa shape index (κ3) is 5.87. The van der Waals surface area contributed by atoms with Crippen LogP contribution in [0.25, 0.3) is 0 Å². The van der Waals surface area contributed by atoms with Gasteiger partial charge in [-0.2, -0.15) is 0 Å². The number of carbonyl (C=O) groups is 2. The first-order valence-corrected chi connectivity index (χ1v) is 11.4. The Morgan fingerprint density at radius 1 is 0.812 bits per heavy atom. The van der Waals surface area contributed by atoms with Crippen molar-refractivity contribution in [3.8, 4) is 23.0 Å². The van der Waals surface area contributed by atoms with E-state index in [1.807, 2.05) is 6.07 Å². The van der Waals surface area contributed by atoms with E-state index in [1.165, 1.54) is 14.2 Å². The highest BCUT2D eigenvalue weighted by Gasteiger charge is 2.23. The molecule has 0 radical (unpaired) electrons. The van der Waals surface area contributed by atoms with E-state index in [9.17, 15) is 9.59 Å². The predicted octanol–water partition coefficient (Wildman–Crippen LogP) is 5.12. The molecule has 0 heterocycles. The van der Waals surface area contributed by atoms with Crippen molar-refractivity contribution in [2.45, 2.75) is 19.4 Å². The van der Waals surface area contributed by atoms with Crippen molar-refractivity contribution < 1.29 is 38.4 Å². The maximum absolute atomic E-state index is 11.8. The summed E-state index contributed by atoms with van der Waals surface area (Å²) in [6.45, 7) is -0.146. The van der Waals surface area contributed by atoms with Gasteiger partial charge in [0, 0.05) is 10.9 Å². The lowest BCUT2D eigenvalue weighted by molar-refractivity contribution is -0.152. The fraction of sp³-hybridized carbons (Fsp3) is 0.333. The Morgan fingerprint density at radius 3 is 1.84 bits per heavy atom. The summed E-state index contributed by atoms with van der Waals surface area (Å²) in [4.78, 5) is 22.6. The number of carbonyl (C=O) groups excluding carboxylic acids is 1. The first-order valence-electron chi connectivity index (χ1n) is 9.06. The van der Waals surface area contributed by atoms with Crippen molar-refractivity contribution in [1.82, 2.24) is 0 Å². The average Bonchev–Trinajstić information content (AvgIpc) is 2.75. The Balaban J connectivity index is 2.57. The highest BCUT2D eigenvalue weighted by molar-refractivity contribution is 9.13. The van der Waals surface area contributed by atoms with Crippen LogP contribution < -0.4 is 18.9 Å². The fourth-order valence-corrected chi connectivity index (χ4v) is 4.79. The van der Waals surface area contributed by atoms with Gasteiger partial charge < -0.3 is 28.8 Å². The number of hydrogen-bond donors (Lipinski definition) is 1. The molecule has 32 heavy (non-hydrogen) atoms. The zero-order valence-electron chi connectivity index (χ0n) is 17.7. The van der Waals surface area contributed by atoms with Crippen molar-refractivity contribution in [3.05, 3.63) is 42.2 Å². The minimum atomic E-state index is -1.26. The van der Waals surface area contributed by atoms with Crippen molar-refractivity contribution in [1.29, 1.82) is 0 Å². The van der Waals surface area contributed by atoms with Crippen LogP contribution in [0.2, 0.25) is 0 Å². The minimum Gasteiger partial charge on any atom is -0.493 e. The number of ether oxygens (including phenoxy) is 5. The number of carboxylic acids is 1. The SMILES string of the molecule is COc1cc(Cc2c(COC(=O)CC(=O)O)cc(OC)c(OC)c2Br)c(Br)c(Br)c1OC. The summed E-state index contributed by atoms with van der Waals surface area (Å²) < 4.78 is 29.0. The normalized spacial score (nSPS) is 10.5. The van der Waals surface area contributed by atoms with Crippen LogP contribution in [-0.2, 0) is 27.4 Å². The van der Waals surface area contributed by atoms with E-state index >= 15 is 0 Å². The first-order chi connectivity index (χ1) is 15.2. The van der Waals surface area contributed by atoms with E-state index in [0.29, 0.717) is 43.9 Å². The largest absolute Gasteiger partial charge is 0.493 e. The molecule has 8 nitrogen and oxygen atoms in total. The second kappa shape index (κ2) is 11.8. The number of hydrogen-bond acceptors (Lipinski definition) is 7. The van der Waals surface area contributed by atoms with Gasteiger partial charge in [0.15, 0.2) is 23.0 Å². The summed E-state index contributed by atoms with van der Waals surface area (Å²) in [5.74, 6) is -0.132. The Morgan fingerprint density at radius 2 is 1.34 bits per heavy atom. The summed E-state index contributed by atoms with van der Waals surface area (Å²) >= 11 is 10.7. The molecule has 2 aromatic rings. The summed E-state index contributed by atoms with van der Waals surface area (Å²) in [5.41, 5.74) is 2.22. The molecule has 174 valence electrons. The van der Waals surface area contributed by atoms with Gasteiger partial charge >= 0.3 is 11.9 Å². The lowest BCUT2D eigenvalue weighted by atomic mass is 9.98. The fourth-order valence-electron chi connectivity index (χ4n) is 2.99. The van der Waals surface area contributed by atoms with Crippen LogP contribution in [0, 0.1) is 0 Å². The van der Waals surface area contributed by atoms with Crippen molar-refractivity contribution in [2.75, 3.05) is 28.4 Å². The number of esters is 1. The van der Waals surface area contributed by atoms with E-state index in [1.54, 1.807) is 20.3 Å². The summed E-state index contributed by atoms with van der Waals surface area (Å²) in [5, 5.41) is 8.80. The third-order valence-electron chi connectivity index (χ3n) is 4.48. The third-order valence-corrected chi connectivity index (χ3v) is 7.52. The number of rotatable bonds is 10. The standard InChI is InChI=1S/C21H21Br3O8/c1-28-13-6-10(17(22)19(24)21(13)31-4)5-12-11(9-32-16(27)8-15(25)26)7-14(29-2)20(30-3)18(12)23/h6-7H,5,8-9H2,1-4H3,(H,25,26). The molecular weight excluding hydrogens is 620 g/mol. The van der Waals surface area contributed by atoms with Gasteiger partial charge in [0.2, 0.25) is 0 Å². The van der Waals surface area contributed by atoms with Crippen LogP contribution in [0.3, 0.4) is 0 Å². The summed E-state index contributed by atoms with van der Waals surface area (Å²) in [6, 6.07) is 3.52. The molecule has 2 rings (SSSR count). The van der Waals surface area contributed by atoms with Gasteiger partial charge in [-0.1, -0.05) is 0 Å². The summed E-state index contributed by atoms with van der Waals surface area (Å²) in [7, 11) is 6.10. The van der Waals surface area contributed by atoms with Crippen LogP contribution in [0.15, 0.2) is 25.6 Å². The first kappa shape index (κ1) is 26.3. The average molecular weight is 641 g/mol. The lowest BCUT2D eigenvalue weighted by Gasteiger charge is -2.20. The second-order valence-corrected chi connectivity index (χ2v) is 8.75. The van der Waals surface area contributed by atoms with E-state index in [2.05, 4.69) is 47.8 Å². The van der Waals surface area contributed by atoms with Crippen LogP contribution in [-0.4, -0.2) is 45.5 Å². The van der Waals surface area contributed by atoms with E-state index < -0.39 is 18.4 Å². The lowest BCUT2D eigenvalue weighted by Crippen LogP contribution is -2.12. The quantitative estimate of drug-likeness (QED) is 0.282. The zero-order chi connectivity index (χ0) is 24.0. The molecule has 0 amide bonds. The maximum atomic E-state index is 11.8. The molecule has 1 N–H and O–H groups in total. The van der Waals surface area contributed by atoms with Crippen molar-refractivity contribution >= 4 is 59.7 Å². The van der Waals surface area contributed by atoms with Crippen LogP contribution in [0.1, 0.15) is 23.1 Å². The van der Waals surface area contributed by atoms with Gasteiger partial charge in [0.1, 0.15) is 13.0 Å². The van der Waals surface area contributed by atoms with Gasteiger partial charge in [-0.15, -0.1) is 0 Å². The molecule has 0 aliphatic heterocycles. The molecule has 0 bridgehead atoms. The molecule has 0 atom stereocenters. The molecule has 0 aromatic heterocycles. The van der Waals surface area contributed by atoms with Gasteiger partial charge in [-0.25, -0.2) is 0 Å². The van der Waals surface area contributed by atoms with E-state index in [-0.39, 0.29) is 6.61 Å². The Bertz CT molecular complexity index is 1020. The van der Waals surface area contributed by atoms with Crippen molar-refractivity contribution in [3.63, 3.8) is 0 Å². The number of methoxy groups -OCH3 is 4. The highest BCUT2D eigenvalue weighted by atomic mass is 79.9. The Labute approximate surface area is 210 Å². The molecule has 0 aliphatic rings. The molecule has 0 saturated heterocycles. The van der Waals surface area contributed by atoms with Gasteiger partial charge in [0.05, 0.1) is 37.4 Å². The Kier molecular flexibility index (Phi) is 9.65. The zero-order valence-corrected chi connectivity index (χ0v) is 22.5. The predicted molar refractivity (Wildman–Crippen MR) is 127 cm³/mol. The number of halogens is 3. The van der Waals surface area contributed by atoms with Crippen LogP contribution in [0.5, 0.6) is 23.0 Å². The number of carboxylic acid groups (broad SMARTS) is 1. The van der Waals surface area contributed by atoms with Gasteiger partial charge in [0.25, 0.3) is 0 Å². The van der Waals surface area contributed by atoms with E-state index in [4.69, 9.17) is 28.8 Å². The van der Waals surface area contributed by atoms with Gasteiger partial charge in [-0.3, -0.25) is 9.59 Å². The smallest absolute Gasteiger partial charge is 0.317 e. The molecule has 2 aromatic carbocycles. The number of aliphatic carboxylic acids is 1. The summed E-state index contributed by atoms with van der Waals surface area (Å²) in [6.07, 6.45) is -0.343. The Hall–Kier alpha value is -1.98. The van der Waals surface area contributed by atoms with Gasteiger partial charge in [-0.05, 0) is 76.6 Å². The number of benzene rings is 2. The minimum absolute atomic E-state index is 0.146. The van der Waals surface area contributed by atoms with Crippen molar-refractivity contribution in [2.24, 2.45) is 0 Å². The monoisotopic (exact) mass is 638 g/mol. The molecule has 0 saturated carbocycles. The maximum Gasteiger partial charge on any atom is 0.317 e. The highest BCUT2D eigenvalue weighted by Crippen LogP contribution is 2.45. The molecule has 0 fully saturated rings. The van der Waals surface area contributed by atoms with E-state index in [0.717, 1.165) is 15.6 Å². The molecule has 0 unspecified atom stereocenters. The molecular formula is C21H21Br3O8. The van der Waals surface area contributed by atoms with Crippen LogP contribution in [0.4, 0.5) is 0 Å². The second-order valence-electron chi connectivity index (χ2n) is 6.37. The molecule has 0 spiro atoms. The topological polar surface area (TPSA) is 101 Å². The molecule has 11 heteroatoms. The van der Waals surface area contributed by atoms with Crippen LogP contribution >= 0.6 is 47.8 Å². The molecule has 0 aliphatic carbocycles.